The van der Waals surface area contributed by atoms with E-state index in [4.69, 9.17) is 0 Å². The molecule has 0 aromatic heterocycles. The highest BCUT2D eigenvalue weighted by molar-refractivity contribution is 7.90. The van der Waals surface area contributed by atoms with Gasteiger partial charge in [0.1, 0.15) is 5.82 Å². The van der Waals surface area contributed by atoms with E-state index >= 15 is 0 Å². The van der Waals surface area contributed by atoms with Crippen molar-refractivity contribution in [1.29, 1.82) is 0 Å². The number of hydrogen-bond donors (Lipinski definition) is 1. The van der Waals surface area contributed by atoms with E-state index in [2.05, 4.69) is 26.1 Å². The molecule has 0 saturated heterocycles. The SMILES string of the molecule is CC(C)(C)c1ccc(C(=O)Nc2cc(S(C)(=O)=O)ccc2F)cc1. The first-order valence-electron chi connectivity index (χ1n) is 7.40. The van der Waals surface area contributed by atoms with Crippen molar-refractivity contribution in [2.75, 3.05) is 11.6 Å². The lowest BCUT2D eigenvalue weighted by Crippen LogP contribution is -2.15. The second-order valence-electron chi connectivity index (χ2n) is 6.70. The van der Waals surface area contributed by atoms with Crippen LogP contribution in [0.5, 0.6) is 0 Å². The van der Waals surface area contributed by atoms with Crippen LogP contribution in [0.4, 0.5) is 10.1 Å². The molecule has 0 saturated carbocycles. The van der Waals surface area contributed by atoms with Gasteiger partial charge in [0.2, 0.25) is 0 Å². The van der Waals surface area contributed by atoms with Gasteiger partial charge in [0.05, 0.1) is 10.6 Å². The lowest BCUT2D eigenvalue weighted by molar-refractivity contribution is 0.102. The summed E-state index contributed by atoms with van der Waals surface area (Å²) in [6.45, 7) is 6.19. The van der Waals surface area contributed by atoms with Gasteiger partial charge in [-0.1, -0.05) is 32.9 Å². The Morgan fingerprint density at radius 1 is 1.04 bits per heavy atom. The largest absolute Gasteiger partial charge is 0.319 e. The van der Waals surface area contributed by atoms with Gasteiger partial charge in [-0.3, -0.25) is 4.79 Å². The Bertz CT molecular complexity index is 866. The lowest BCUT2D eigenvalue weighted by atomic mass is 9.87. The minimum atomic E-state index is -3.48. The highest BCUT2D eigenvalue weighted by Gasteiger charge is 2.16. The summed E-state index contributed by atoms with van der Waals surface area (Å²) in [6.07, 6.45) is 1.02. The van der Waals surface area contributed by atoms with Crippen molar-refractivity contribution in [1.82, 2.24) is 0 Å². The van der Waals surface area contributed by atoms with E-state index in [0.29, 0.717) is 5.56 Å². The molecule has 2 aromatic carbocycles. The highest BCUT2D eigenvalue weighted by atomic mass is 32.2. The fourth-order valence-electron chi connectivity index (χ4n) is 2.15. The summed E-state index contributed by atoms with van der Waals surface area (Å²) in [6, 6.07) is 10.3. The molecule has 0 heterocycles. The first kappa shape index (κ1) is 18.1. The van der Waals surface area contributed by atoms with Gasteiger partial charge in [-0.2, -0.15) is 0 Å². The predicted molar refractivity (Wildman–Crippen MR) is 92.6 cm³/mol. The first-order valence-corrected chi connectivity index (χ1v) is 9.29. The lowest BCUT2D eigenvalue weighted by Gasteiger charge is -2.19. The predicted octanol–water partition coefficient (Wildman–Crippen LogP) is 3.78. The molecule has 0 radical (unpaired) electrons. The number of rotatable bonds is 3. The summed E-state index contributed by atoms with van der Waals surface area (Å²) >= 11 is 0. The third-order valence-corrected chi connectivity index (χ3v) is 4.74. The fourth-order valence-corrected chi connectivity index (χ4v) is 2.79. The summed E-state index contributed by atoms with van der Waals surface area (Å²) in [5.41, 5.74) is 1.24. The number of benzene rings is 2. The molecule has 0 aliphatic heterocycles. The fraction of sp³-hybridized carbons (Fsp3) is 0.278. The molecule has 0 fully saturated rings. The molecule has 0 atom stereocenters. The van der Waals surface area contributed by atoms with Crippen LogP contribution < -0.4 is 5.32 Å². The Kier molecular flexibility index (Phi) is 4.80. The van der Waals surface area contributed by atoms with Crippen LogP contribution in [0.3, 0.4) is 0 Å². The maximum absolute atomic E-state index is 13.8. The number of carbonyl (C=O) groups is 1. The Labute approximate surface area is 141 Å². The van der Waals surface area contributed by atoms with Gasteiger partial charge in [-0.25, -0.2) is 12.8 Å². The van der Waals surface area contributed by atoms with Gasteiger partial charge in [0.15, 0.2) is 9.84 Å². The summed E-state index contributed by atoms with van der Waals surface area (Å²) in [7, 11) is -3.48. The van der Waals surface area contributed by atoms with Crippen LogP contribution in [-0.4, -0.2) is 20.6 Å². The third-order valence-electron chi connectivity index (χ3n) is 3.63. The molecular weight excluding hydrogens is 329 g/mol. The van der Waals surface area contributed by atoms with Crippen LogP contribution >= 0.6 is 0 Å². The number of anilines is 1. The number of sulfone groups is 1. The third kappa shape index (κ3) is 4.20. The van der Waals surface area contributed by atoms with E-state index in [9.17, 15) is 17.6 Å². The number of hydrogen-bond acceptors (Lipinski definition) is 3. The molecule has 24 heavy (non-hydrogen) atoms. The molecule has 2 rings (SSSR count). The zero-order valence-electron chi connectivity index (χ0n) is 14.1. The Balaban J connectivity index is 2.27. The van der Waals surface area contributed by atoms with Gasteiger partial charge < -0.3 is 5.32 Å². The van der Waals surface area contributed by atoms with Crippen molar-refractivity contribution in [2.24, 2.45) is 0 Å². The molecule has 0 aliphatic carbocycles. The van der Waals surface area contributed by atoms with Gasteiger partial charge in [0, 0.05) is 11.8 Å². The van der Waals surface area contributed by atoms with Crippen molar-refractivity contribution in [2.45, 2.75) is 31.1 Å². The highest BCUT2D eigenvalue weighted by Crippen LogP contribution is 2.23. The van der Waals surface area contributed by atoms with Gasteiger partial charge in [-0.05, 0) is 41.3 Å². The van der Waals surface area contributed by atoms with Gasteiger partial charge >= 0.3 is 0 Å². The van der Waals surface area contributed by atoms with Gasteiger partial charge in [-0.15, -0.1) is 0 Å². The molecular formula is C18H20FNO3S. The minimum absolute atomic E-state index is 0.0368. The summed E-state index contributed by atoms with van der Waals surface area (Å²) in [4.78, 5) is 12.2. The molecule has 0 aliphatic rings. The van der Waals surface area contributed by atoms with Crippen molar-refractivity contribution in [3.8, 4) is 0 Å². The topological polar surface area (TPSA) is 63.2 Å². The maximum atomic E-state index is 13.8. The number of nitrogens with one attached hydrogen (secondary N) is 1. The van der Waals surface area contributed by atoms with Crippen molar-refractivity contribution in [3.05, 3.63) is 59.4 Å². The molecule has 1 N–H and O–H groups in total. The monoisotopic (exact) mass is 349 g/mol. The molecule has 4 nitrogen and oxygen atoms in total. The number of carbonyl (C=O) groups excluding carboxylic acids is 1. The van der Waals surface area contributed by atoms with E-state index in [1.807, 2.05) is 12.1 Å². The van der Waals surface area contributed by atoms with Crippen molar-refractivity contribution < 1.29 is 17.6 Å². The van der Waals surface area contributed by atoms with Crippen LogP contribution in [0.15, 0.2) is 47.4 Å². The Morgan fingerprint density at radius 2 is 1.62 bits per heavy atom. The summed E-state index contributed by atoms with van der Waals surface area (Å²) < 4.78 is 36.9. The van der Waals surface area contributed by atoms with E-state index in [1.54, 1.807) is 12.1 Å². The number of halogens is 1. The average molecular weight is 349 g/mol. The average Bonchev–Trinajstić information content (AvgIpc) is 2.47. The number of amides is 1. The minimum Gasteiger partial charge on any atom is -0.319 e. The van der Waals surface area contributed by atoms with Crippen molar-refractivity contribution in [3.63, 3.8) is 0 Å². The Hall–Kier alpha value is -2.21. The molecule has 6 heteroatoms. The normalized spacial score (nSPS) is 12.0. The van der Waals surface area contributed by atoms with Crippen LogP contribution in [-0.2, 0) is 15.3 Å². The Morgan fingerprint density at radius 3 is 2.12 bits per heavy atom. The standard InChI is InChI=1S/C18H20FNO3S/c1-18(2,3)13-7-5-12(6-8-13)17(21)20-16-11-14(24(4,22)23)9-10-15(16)19/h5-11H,1-4H3,(H,20,21). The van der Waals surface area contributed by atoms with Crippen LogP contribution in [0, 0.1) is 5.82 Å². The van der Waals surface area contributed by atoms with Crippen LogP contribution in [0.1, 0.15) is 36.7 Å². The molecule has 2 aromatic rings. The second kappa shape index (κ2) is 6.36. The summed E-state index contributed by atoms with van der Waals surface area (Å²) in [5.74, 6) is -1.19. The molecule has 0 bridgehead atoms. The van der Waals surface area contributed by atoms with E-state index in [1.165, 1.54) is 6.07 Å². The van der Waals surface area contributed by atoms with Crippen LogP contribution in [0.25, 0.3) is 0 Å². The van der Waals surface area contributed by atoms with Crippen molar-refractivity contribution >= 4 is 21.4 Å². The molecule has 1 amide bonds. The second-order valence-corrected chi connectivity index (χ2v) is 8.71. The molecule has 0 spiro atoms. The zero-order valence-corrected chi connectivity index (χ0v) is 14.9. The van der Waals surface area contributed by atoms with E-state index in [0.717, 1.165) is 24.0 Å². The summed E-state index contributed by atoms with van der Waals surface area (Å²) in [5, 5.41) is 2.42. The molecule has 128 valence electrons. The first-order chi connectivity index (χ1) is 11.0. The molecule has 0 unspecified atom stereocenters. The quantitative estimate of drug-likeness (QED) is 0.858. The zero-order chi connectivity index (χ0) is 18.1. The van der Waals surface area contributed by atoms with Gasteiger partial charge in [0.25, 0.3) is 5.91 Å². The van der Waals surface area contributed by atoms with E-state index in [-0.39, 0.29) is 16.0 Å². The van der Waals surface area contributed by atoms with Crippen LogP contribution in [0.2, 0.25) is 0 Å². The van der Waals surface area contributed by atoms with E-state index < -0.39 is 21.6 Å². The smallest absolute Gasteiger partial charge is 0.255 e. The maximum Gasteiger partial charge on any atom is 0.255 e.